The van der Waals surface area contributed by atoms with Gasteiger partial charge < -0.3 is 11.1 Å². The van der Waals surface area contributed by atoms with Crippen molar-refractivity contribution in [3.05, 3.63) is 29.8 Å². The first-order valence-electron chi connectivity index (χ1n) is 5.34. The molecule has 0 radical (unpaired) electrons. The second kappa shape index (κ2) is 4.01. The summed E-state index contributed by atoms with van der Waals surface area (Å²) in [6, 6.07) is 9.31. The van der Waals surface area contributed by atoms with Crippen LogP contribution in [0.15, 0.2) is 24.3 Å². The molecule has 2 heteroatoms. The van der Waals surface area contributed by atoms with Gasteiger partial charge in [0.2, 0.25) is 0 Å². The third kappa shape index (κ3) is 2.07. The van der Waals surface area contributed by atoms with Gasteiger partial charge in [0, 0.05) is 17.8 Å². The number of rotatable bonds is 2. The average molecular weight is 190 g/mol. The molecule has 0 aliphatic heterocycles. The highest BCUT2D eigenvalue weighted by molar-refractivity contribution is 5.45. The molecular weight excluding hydrogens is 172 g/mol. The van der Waals surface area contributed by atoms with Crippen LogP contribution in [0.5, 0.6) is 0 Å². The van der Waals surface area contributed by atoms with E-state index < -0.39 is 0 Å². The maximum absolute atomic E-state index is 5.99. The fraction of sp³-hybridized carbons (Fsp3) is 0.500. The number of nitrogens with one attached hydrogen (secondary N) is 1. The first kappa shape index (κ1) is 9.53. The van der Waals surface area contributed by atoms with Crippen LogP contribution >= 0.6 is 0 Å². The summed E-state index contributed by atoms with van der Waals surface area (Å²) in [5, 5.41) is 3.49. The number of nitrogens with two attached hydrogens (primary N) is 1. The van der Waals surface area contributed by atoms with Gasteiger partial charge >= 0.3 is 0 Å². The van der Waals surface area contributed by atoms with Crippen molar-refractivity contribution in [2.45, 2.75) is 38.3 Å². The Kier molecular flexibility index (Phi) is 2.73. The van der Waals surface area contributed by atoms with Crippen LogP contribution in [-0.2, 0) is 0 Å². The number of hydrogen-bond donors (Lipinski definition) is 2. The molecule has 1 aliphatic carbocycles. The highest BCUT2D eigenvalue weighted by Crippen LogP contribution is 2.21. The third-order valence-corrected chi connectivity index (χ3v) is 2.97. The van der Waals surface area contributed by atoms with E-state index in [1.165, 1.54) is 24.1 Å². The lowest BCUT2D eigenvalue weighted by atomic mass is 10.1. The summed E-state index contributed by atoms with van der Waals surface area (Å²) >= 11 is 0. The molecule has 0 amide bonds. The van der Waals surface area contributed by atoms with Crippen molar-refractivity contribution in [3.8, 4) is 0 Å². The first-order valence-corrected chi connectivity index (χ1v) is 5.34. The highest BCUT2D eigenvalue weighted by Gasteiger charge is 2.23. The molecular formula is C12H18N2. The average Bonchev–Trinajstić information content (AvgIpc) is 2.56. The van der Waals surface area contributed by atoms with Gasteiger partial charge in [-0.1, -0.05) is 17.7 Å². The molecule has 0 bridgehead atoms. The van der Waals surface area contributed by atoms with Crippen LogP contribution in [0.25, 0.3) is 0 Å². The van der Waals surface area contributed by atoms with Crippen LogP contribution in [0.4, 0.5) is 5.69 Å². The zero-order chi connectivity index (χ0) is 9.97. The van der Waals surface area contributed by atoms with E-state index in [1.54, 1.807) is 0 Å². The monoisotopic (exact) mass is 190 g/mol. The fourth-order valence-electron chi connectivity index (χ4n) is 2.03. The minimum absolute atomic E-state index is 0.330. The van der Waals surface area contributed by atoms with Crippen LogP contribution in [0.3, 0.4) is 0 Å². The molecule has 0 aromatic heterocycles. The van der Waals surface area contributed by atoms with Crippen molar-refractivity contribution in [1.29, 1.82) is 0 Å². The predicted octanol–water partition coefficient (Wildman–Crippen LogP) is 2.29. The summed E-state index contributed by atoms with van der Waals surface area (Å²) in [7, 11) is 0. The Bertz CT molecular complexity index is 292. The molecule has 1 aliphatic rings. The van der Waals surface area contributed by atoms with E-state index in [2.05, 4.69) is 36.5 Å². The zero-order valence-electron chi connectivity index (χ0n) is 8.66. The maximum atomic E-state index is 5.99. The second-order valence-electron chi connectivity index (χ2n) is 4.21. The Morgan fingerprint density at radius 2 is 1.93 bits per heavy atom. The Morgan fingerprint density at radius 1 is 1.21 bits per heavy atom. The molecule has 1 aromatic carbocycles. The Labute approximate surface area is 85.5 Å². The SMILES string of the molecule is Cc1ccc(NC2CCCC2N)cc1. The van der Waals surface area contributed by atoms with Gasteiger partial charge in [-0.15, -0.1) is 0 Å². The van der Waals surface area contributed by atoms with E-state index >= 15 is 0 Å². The van der Waals surface area contributed by atoms with Gasteiger partial charge in [0.25, 0.3) is 0 Å². The molecule has 3 N–H and O–H groups in total. The van der Waals surface area contributed by atoms with Crippen LogP contribution in [-0.4, -0.2) is 12.1 Å². The van der Waals surface area contributed by atoms with Crippen LogP contribution < -0.4 is 11.1 Å². The lowest BCUT2D eigenvalue weighted by Gasteiger charge is -2.18. The number of benzene rings is 1. The second-order valence-corrected chi connectivity index (χ2v) is 4.21. The lowest BCUT2D eigenvalue weighted by molar-refractivity contribution is 0.638. The van der Waals surface area contributed by atoms with Gasteiger partial charge in [-0.25, -0.2) is 0 Å². The largest absolute Gasteiger partial charge is 0.381 e. The van der Waals surface area contributed by atoms with Gasteiger partial charge in [-0.3, -0.25) is 0 Å². The molecule has 0 spiro atoms. The normalized spacial score (nSPS) is 26.4. The van der Waals surface area contributed by atoms with Crippen molar-refractivity contribution in [2.24, 2.45) is 5.73 Å². The van der Waals surface area contributed by atoms with E-state index in [9.17, 15) is 0 Å². The Hall–Kier alpha value is -1.02. The van der Waals surface area contributed by atoms with Crippen LogP contribution in [0.1, 0.15) is 24.8 Å². The maximum Gasteiger partial charge on any atom is 0.0412 e. The molecule has 2 rings (SSSR count). The standard InChI is InChI=1S/C12H18N2/c1-9-5-7-10(8-6-9)14-12-4-2-3-11(12)13/h5-8,11-12,14H,2-4,13H2,1H3. The topological polar surface area (TPSA) is 38.0 Å². The summed E-state index contributed by atoms with van der Waals surface area (Å²) in [4.78, 5) is 0. The van der Waals surface area contributed by atoms with E-state index in [-0.39, 0.29) is 0 Å². The minimum Gasteiger partial charge on any atom is -0.381 e. The smallest absolute Gasteiger partial charge is 0.0412 e. The summed E-state index contributed by atoms with van der Waals surface area (Å²) in [6.07, 6.45) is 3.61. The first-order chi connectivity index (χ1) is 6.75. The fourth-order valence-corrected chi connectivity index (χ4v) is 2.03. The molecule has 14 heavy (non-hydrogen) atoms. The van der Waals surface area contributed by atoms with Gasteiger partial charge in [-0.05, 0) is 38.3 Å². The summed E-state index contributed by atoms with van der Waals surface area (Å²) < 4.78 is 0. The molecule has 2 atom stereocenters. The molecule has 0 saturated heterocycles. The summed E-state index contributed by atoms with van der Waals surface area (Å²) in [5.41, 5.74) is 8.48. The van der Waals surface area contributed by atoms with Gasteiger partial charge in [0.1, 0.15) is 0 Å². The van der Waals surface area contributed by atoms with Crippen molar-refractivity contribution in [1.82, 2.24) is 0 Å². The molecule has 1 fully saturated rings. The molecule has 0 heterocycles. The number of aryl methyl sites for hydroxylation is 1. The van der Waals surface area contributed by atoms with E-state index in [0.717, 1.165) is 6.42 Å². The lowest BCUT2D eigenvalue weighted by Crippen LogP contribution is -2.35. The minimum atomic E-state index is 0.330. The number of anilines is 1. The highest BCUT2D eigenvalue weighted by atomic mass is 15.0. The van der Waals surface area contributed by atoms with Crippen molar-refractivity contribution >= 4 is 5.69 Å². The van der Waals surface area contributed by atoms with E-state index in [0.29, 0.717) is 12.1 Å². The summed E-state index contributed by atoms with van der Waals surface area (Å²) in [5.74, 6) is 0. The van der Waals surface area contributed by atoms with Gasteiger partial charge in [0.15, 0.2) is 0 Å². The third-order valence-electron chi connectivity index (χ3n) is 2.97. The van der Waals surface area contributed by atoms with Gasteiger partial charge in [-0.2, -0.15) is 0 Å². The molecule has 1 aromatic rings. The molecule has 2 nitrogen and oxygen atoms in total. The summed E-state index contributed by atoms with van der Waals surface area (Å²) in [6.45, 7) is 2.10. The van der Waals surface area contributed by atoms with Crippen molar-refractivity contribution < 1.29 is 0 Å². The quantitative estimate of drug-likeness (QED) is 0.751. The molecule has 1 saturated carbocycles. The number of hydrogen-bond acceptors (Lipinski definition) is 2. The predicted molar refractivity (Wildman–Crippen MR) is 60.4 cm³/mol. The van der Waals surface area contributed by atoms with Crippen LogP contribution in [0.2, 0.25) is 0 Å². The van der Waals surface area contributed by atoms with Crippen molar-refractivity contribution in [2.75, 3.05) is 5.32 Å². The van der Waals surface area contributed by atoms with Gasteiger partial charge in [0.05, 0.1) is 0 Å². The van der Waals surface area contributed by atoms with Crippen LogP contribution in [0, 0.1) is 6.92 Å². The molecule has 2 unspecified atom stereocenters. The van der Waals surface area contributed by atoms with E-state index in [4.69, 9.17) is 5.73 Å². The van der Waals surface area contributed by atoms with E-state index in [1.807, 2.05) is 0 Å². The molecule has 76 valence electrons. The zero-order valence-corrected chi connectivity index (χ0v) is 8.66. The Morgan fingerprint density at radius 3 is 2.50 bits per heavy atom. The van der Waals surface area contributed by atoms with Crippen molar-refractivity contribution in [3.63, 3.8) is 0 Å². The Balaban J connectivity index is 2.00.